The molecule has 5 heteroatoms. The summed E-state index contributed by atoms with van der Waals surface area (Å²) in [6, 6.07) is 13.3. The third-order valence-electron chi connectivity index (χ3n) is 5.35. The molecule has 5 nitrogen and oxygen atoms in total. The number of aliphatic hydroxyl groups excluding tert-OH is 1. The fraction of sp³-hybridized carbons (Fsp3) is 0.400. The number of benzene rings is 2. The molecule has 0 radical (unpaired) electrons. The van der Waals surface area contributed by atoms with E-state index in [0.29, 0.717) is 17.9 Å². The lowest BCUT2D eigenvalue weighted by molar-refractivity contribution is 0.104. The van der Waals surface area contributed by atoms with Gasteiger partial charge in [-0.1, -0.05) is 25.5 Å². The quantitative estimate of drug-likeness (QED) is 0.369. The fourth-order valence-electron chi connectivity index (χ4n) is 3.46. The van der Waals surface area contributed by atoms with Crippen molar-refractivity contribution in [2.75, 3.05) is 31.7 Å². The molecule has 1 heterocycles. The normalized spacial score (nSPS) is 14.8. The second kappa shape index (κ2) is 10.8. The molecule has 1 aliphatic rings. The van der Waals surface area contributed by atoms with E-state index < -0.39 is 0 Å². The zero-order chi connectivity index (χ0) is 21.3. The van der Waals surface area contributed by atoms with Gasteiger partial charge in [-0.15, -0.1) is 0 Å². The van der Waals surface area contributed by atoms with Crippen LogP contribution in [0.3, 0.4) is 0 Å². The molecule has 0 spiro atoms. The molecule has 1 fully saturated rings. The Bertz CT molecular complexity index is 852. The van der Waals surface area contributed by atoms with Gasteiger partial charge in [0.2, 0.25) is 0 Å². The number of hydrogen-bond acceptors (Lipinski definition) is 5. The predicted molar refractivity (Wildman–Crippen MR) is 121 cm³/mol. The standard InChI is InChI=1S/C25H31NO4/c1-3-4-17-30-24-12-6-19(18-25(24)29-2)5-11-23(28)20-7-9-21(10-8-20)26-15-13-22(27)14-16-26/h5-12,18,22,27H,3-4,13-17H2,1-2H3. The van der Waals surface area contributed by atoms with Gasteiger partial charge in [0.1, 0.15) is 0 Å². The van der Waals surface area contributed by atoms with Crippen molar-refractivity contribution in [3.05, 3.63) is 59.7 Å². The largest absolute Gasteiger partial charge is 0.493 e. The number of unbranched alkanes of at least 4 members (excludes halogenated alkanes) is 1. The van der Waals surface area contributed by atoms with E-state index in [-0.39, 0.29) is 11.9 Å². The highest BCUT2D eigenvalue weighted by molar-refractivity contribution is 6.07. The summed E-state index contributed by atoms with van der Waals surface area (Å²) in [5, 5.41) is 9.65. The molecule has 1 N–H and O–H groups in total. The average Bonchev–Trinajstić information content (AvgIpc) is 2.78. The Morgan fingerprint density at radius 1 is 1.13 bits per heavy atom. The minimum absolute atomic E-state index is 0.0437. The molecule has 0 aromatic heterocycles. The van der Waals surface area contributed by atoms with Crippen molar-refractivity contribution in [2.45, 2.75) is 38.7 Å². The number of methoxy groups -OCH3 is 1. The highest BCUT2D eigenvalue weighted by Crippen LogP contribution is 2.29. The van der Waals surface area contributed by atoms with Gasteiger partial charge in [0.15, 0.2) is 17.3 Å². The second-order valence-electron chi connectivity index (χ2n) is 7.57. The molecule has 2 aromatic carbocycles. The maximum atomic E-state index is 12.6. The summed E-state index contributed by atoms with van der Waals surface area (Å²) in [4.78, 5) is 14.8. The van der Waals surface area contributed by atoms with Gasteiger partial charge in [0, 0.05) is 24.3 Å². The Morgan fingerprint density at radius 3 is 2.53 bits per heavy atom. The van der Waals surface area contributed by atoms with E-state index in [2.05, 4.69) is 11.8 Å². The molecule has 30 heavy (non-hydrogen) atoms. The first-order chi connectivity index (χ1) is 14.6. The van der Waals surface area contributed by atoms with E-state index in [4.69, 9.17) is 9.47 Å². The molecule has 0 unspecified atom stereocenters. The van der Waals surface area contributed by atoms with Gasteiger partial charge in [-0.25, -0.2) is 0 Å². The van der Waals surface area contributed by atoms with Crippen molar-refractivity contribution in [1.82, 2.24) is 0 Å². The number of ether oxygens (including phenoxy) is 2. The number of allylic oxidation sites excluding steroid dienone is 1. The molecular formula is C25H31NO4. The van der Waals surface area contributed by atoms with Crippen molar-refractivity contribution in [2.24, 2.45) is 0 Å². The lowest BCUT2D eigenvalue weighted by atomic mass is 10.1. The van der Waals surface area contributed by atoms with Crippen LogP contribution >= 0.6 is 0 Å². The molecule has 160 valence electrons. The Morgan fingerprint density at radius 2 is 1.87 bits per heavy atom. The maximum Gasteiger partial charge on any atom is 0.185 e. The zero-order valence-electron chi connectivity index (χ0n) is 17.8. The minimum Gasteiger partial charge on any atom is -0.493 e. The summed E-state index contributed by atoms with van der Waals surface area (Å²) < 4.78 is 11.2. The van der Waals surface area contributed by atoms with Gasteiger partial charge in [-0.2, -0.15) is 0 Å². The Kier molecular flexibility index (Phi) is 7.91. The van der Waals surface area contributed by atoms with E-state index in [1.807, 2.05) is 42.5 Å². The minimum atomic E-state index is -0.192. The first kappa shape index (κ1) is 21.9. The summed E-state index contributed by atoms with van der Waals surface area (Å²) in [5.41, 5.74) is 2.62. The van der Waals surface area contributed by atoms with Gasteiger partial charge in [0.25, 0.3) is 0 Å². The lowest BCUT2D eigenvalue weighted by Gasteiger charge is -2.31. The summed E-state index contributed by atoms with van der Waals surface area (Å²) in [5.74, 6) is 1.34. The van der Waals surface area contributed by atoms with E-state index in [9.17, 15) is 9.90 Å². The second-order valence-corrected chi connectivity index (χ2v) is 7.57. The van der Waals surface area contributed by atoms with E-state index in [0.717, 1.165) is 55.8 Å². The molecule has 0 bridgehead atoms. The number of aliphatic hydroxyl groups is 1. The number of carbonyl (C=O) groups is 1. The lowest BCUT2D eigenvalue weighted by Crippen LogP contribution is -2.35. The smallest absolute Gasteiger partial charge is 0.185 e. The number of anilines is 1. The van der Waals surface area contributed by atoms with Gasteiger partial charge >= 0.3 is 0 Å². The van der Waals surface area contributed by atoms with E-state index in [1.54, 1.807) is 19.3 Å². The zero-order valence-corrected chi connectivity index (χ0v) is 17.8. The third kappa shape index (κ3) is 5.86. The molecule has 0 aliphatic carbocycles. The van der Waals surface area contributed by atoms with Gasteiger partial charge in [0.05, 0.1) is 19.8 Å². The van der Waals surface area contributed by atoms with Crippen LogP contribution < -0.4 is 14.4 Å². The fourth-order valence-corrected chi connectivity index (χ4v) is 3.46. The molecule has 1 saturated heterocycles. The third-order valence-corrected chi connectivity index (χ3v) is 5.35. The van der Waals surface area contributed by atoms with Crippen LogP contribution in [0.15, 0.2) is 48.5 Å². The molecule has 0 amide bonds. The summed E-state index contributed by atoms with van der Waals surface area (Å²) in [6.07, 6.45) is 6.83. The first-order valence-corrected chi connectivity index (χ1v) is 10.7. The predicted octanol–water partition coefficient (Wildman–Crippen LogP) is 4.73. The van der Waals surface area contributed by atoms with E-state index in [1.165, 1.54) is 0 Å². The number of nitrogens with zero attached hydrogens (tertiary/aromatic N) is 1. The first-order valence-electron chi connectivity index (χ1n) is 10.7. The van der Waals surface area contributed by atoms with E-state index >= 15 is 0 Å². The summed E-state index contributed by atoms with van der Waals surface area (Å²) >= 11 is 0. The molecule has 1 aliphatic heterocycles. The van der Waals surface area contributed by atoms with Crippen molar-refractivity contribution in [1.29, 1.82) is 0 Å². The Hall–Kier alpha value is -2.79. The van der Waals surface area contributed by atoms with Crippen LogP contribution in [0.5, 0.6) is 11.5 Å². The van der Waals surface area contributed by atoms with Gasteiger partial charge in [-0.3, -0.25) is 4.79 Å². The van der Waals surface area contributed by atoms with Crippen molar-refractivity contribution in [3.8, 4) is 11.5 Å². The van der Waals surface area contributed by atoms with Crippen LogP contribution in [0.25, 0.3) is 6.08 Å². The van der Waals surface area contributed by atoms with Crippen LogP contribution in [-0.4, -0.2) is 43.8 Å². The SMILES string of the molecule is CCCCOc1ccc(C=CC(=O)c2ccc(N3CCC(O)CC3)cc2)cc1OC. The van der Waals surface area contributed by atoms with Crippen molar-refractivity contribution in [3.63, 3.8) is 0 Å². The topological polar surface area (TPSA) is 59.0 Å². The highest BCUT2D eigenvalue weighted by Gasteiger charge is 2.17. The maximum absolute atomic E-state index is 12.6. The number of piperidine rings is 1. The Balaban J connectivity index is 1.62. The monoisotopic (exact) mass is 409 g/mol. The molecule has 3 rings (SSSR count). The van der Waals surface area contributed by atoms with Crippen LogP contribution in [0.2, 0.25) is 0 Å². The number of ketones is 1. The molecule has 2 aromatic rings. The summed E-state index contributed by atoms with van der Waals surface area (Å²) in [7, 11) is 1.62. The van der Waals surface area contributed by atoms with Crippen LogP contribution in [-0.2, 0) is 0 Å². The average molecular weight is 410 g/mol. The summed E-state index contributed by atoms with van der Waals surface area (Å²) in [6.45, 7) is 4.47. The van der Waals surface area contributed by atoms with Gasteiger partial charge < -0.3 is 19.5 Å². The molecular weight excluding hydrogens is 378 g/mol. The molecule has 0 atom stereocenters. The number of hydrogen-bond donors (Lipinski definition) is 1. The number of rotatable bonds is 9. The highest BCUT2D eigenvalue weighted by atomic mass is 16.5. The van der Waals surface area contributed by atoms with Crippen molar-refractivity contribution < 1.29 is 19.4 Å². The van der Waals surface area contributed by atoms with Crippen molar-refractivity contribution >= 4 is 17.5 Å². The van der Waals surface area contributed by atoms with Crippen LogP contribution in [0.1, 0.15) is 48.5 Å². The molecule has 0 saturated carbocycles. The van der Waals surface area contributed by atoms with Crippen LogP contribution in [0, 0.1) is 0 Å². The Labute approximate surface area is 178 Å². The van der Waals surface area contributed by atoms with Crippen LogP contribution in [0.4, 0.5) is 5.69 Å². The van der Waals surface area contributed by atoms with Gasteiger partial charge in [-0.05, 0) is 67.3 Å². The number of carbonyl (C=O) groups excluding carboxylic acids is 1.